The predicted molar refractivity (Wildman–Crippen MR) is 82.8 cm³/mol. The highest BCUT2D eigenvalue weighted by atomic mass is 19.1. The van der Waals surface area contributed by atoms with Gasteiger partial charge in [0.1, 0.15) is 23.6 Å². The molecule has 0 radical (unpaired) electrons. The SMILES string of the molecule is CN1CCN(c2cc(N3CCCC(C)(F)C3)ncn2)CC1=O. The van der Waals surface area contributed by atoms with Gasteiger partial charge in [0.25, 0.3) is 0 Å². The van der Waals surface area contributed by atoms with Crippen LogP contribution in [0.1, 0.15) is 19.8 Å². The first-order valence-electron chi connectivity index (χ1n) is 7.69. The summed E-state index contributed by atoms with van der Waals surface area (Å²) in [4.78, 5) is 26.0. The molecule has 1 unspecified atom stereocenters. The van der Waals surface area contributed by atoms with Gasteiger partial charge >= 0.3 is 0 Å². The molecule has 1 aromatic rings. The number of piperazine rings is 1. The van der Waals surface area contributed by atoms with Gasteiger partial charge in [0.15, 0.2) is 0 Å². The Bertz CT molecular complexity index is 565. The third-order valence-corrected chi connectivity index (χ3v) is 4.39. The number of carbonyl (C=O) groups is 1. The van der Waals surface area contributed by atoms with E-state index in [1.54, 1.807) is 18.9 Å². The van der Waals surface area contributed by atoms with Crippen molar-refractivity contribution in [3.8, 4) is 0 Å². The zero-order valence-electron chi connectivity index (χ0n) is 13.1. The predicted octanol–water partition coefficient (Wildman–Crippen LogP) is 1.08. The Morgan fingerprint density at radius 3 is 2.59 bits per heavy atom. The second kappa shape index (κ2) is 5.70. The van der Waals surface area contributed by atoms with Gasteiger partial charge in [-0.05, 0) is 19.8 Å². The Hall–Kier alpha value is -1.92. The minimum Gasteiger partial charge on any atom is -0.353 e. The molecule has 1 amide bonds. The van der Waals surface area contributed by atoms with Gasteiger partial charge in [-0.1, -0.05) is 0 Å². The largest absolute Gasteiger partial charge is 0.353 e. The number of amides is 1. The number of hydrogen-bond donors (Lipinski definition) is 0. The molecule has 1 aromatic heterocycles. The lowest BCUT2D eigenvalue weighted by Gasteiger charge is -2.36. The summed E-state index contributed by atoms with van der Waals surface area (Å²) in [6.45, 7) is 4.56. The number of halogens is 1. The van der Waals surface area contributed by atoms with Crippen molar-refractivity contribution >= 4 is 17.5 Å². The van der Waals surface area contributed by atoms with Crippen LogP contribution in [0.4, 0.5) is 16.0 Å². The quantitative estimate of drug-likeness (QED) is 0.818. The average molecular weight is 307 g/mol. The van der Waals surface area contributed by atoms with Gasteiger partial charge in [0.2, 0.25) is 5.91 Å². The van der Waals surface area contributed by atoms with Gasteiger partial charge in [-0.3, -0.25) is 4.79 Å². The summed E-state index contributed by atoms with van der Waals surface area (Å²) in [5, 5.41) is 0. The highest BCUT2D eigenvalue weighted by Gasteiger charge is 2.31. The Balaban J connectivity index is 1.77. The second-order valence-corrected chi connectivity index (χ2v) is 6.41. The molecule has 0 bridgehead atoms. The molecule has 0 saturated carbocycles. The van der Waals surface area contributed by atoms with Gasteiger partial charge in [0, 0.05) is 32.7 Å². The number of alkyl halides is 1. The number of aromatic nitrogens is 2. The van der Waals surface area contributed by atoms with Crippen LogP contribution in [0.5, 0.6) is 0 Å². The molecule has 2 aliphatic rings. The summed E-state index contributed by atoms with van der Waals surface area (Å²) < 4.78 is 14.2. The topological polar surface area (TPSA) is 52.6 Å². The first-order valence-corrected chi connectivity index (χ1v) is 7.69. The first-order chi connectivity index (χ1) is 10.4. The number of nitrogens with zero attached hydrogens (tertiary/aromatic N) is 5. The third kappa shape index (κ3) is 3.13. The lowest BCUT2D eigenvalue weighted by atomic mass is 9.97. The molecule has 7 heteroatoms. The molecule has 0 N–H and O–H groups in total. The number of rotatable bonds is 2. The van der Waals surface area contributed by atoms with Crippen LogP contribution < -0.4 is 9.80 Å². The highest BCUT2D eigenvalue weighted by molar-refractivity contribution is 5.82. The van der Waals surface area contributed by atoms with Crippen molar-refractivity contribution in [2.75, 3.05) is 49.6 Å². The van der Waals surface area contributed by atoms with Crippen LogP contribution in [0.15, 0.2) is 12.4 Å². The fraction of sp³-hybridized carbons (Fsp3) is 0.667. The fourth-order valence-corrected chi connectivity index (χ4v) is 3.03. The summed E-state index contributed by atoms with van der Waals surface area (Å²) in [6, 6.07) is 1.86. The molecule has 0 spiro atoms. The van der Waals surface area contributed by atoms with Crippen LogP contribution >= 0.6 is 0 Å². The maximum atomic E-state index is 14.2. The molecule has 120 valence electrons. The number of piperidine rings is 1. The van der Waals surface area contributed by atoms with E-state index >= 15 is 0 Å². The van der Waals surface area contributed by atoms with Crippen molar-refractivity contribution in [2.24, 2.45) is 0 Å². The second-order valence-electron chi connectivity index (χ2n) is 6.41. The summed E-state index contributed by atoms with van der Waals surface area (Å²) in [6.07, 6.45) is 2.91. The lowest BCUT2D eigenvalue weighted by Crippen LogP contribution is -2.49. The molecule has 3 heterocycles. The van der Waals surface area contributed by atoms with Crippen molar-refractivity contribution in [3.05, 3.63) is 12.4 Å². The smallest absolute Gasteiger partial charge is 0.241 e. The van der Waals surface area contributed by atoms with E-state index in [1.165, 1.54) is 6.33 Å². The number of hydrogen-bond acceptors (Lipinski definition) is 5. The summed E-state index contributed by atoms with van der Waals surface area (Å²) >= 11 is 0. The minimum atomic E-state index is -1.17. The van der Waals surface area contributed by atoms with Crippen molar-refractivity contribution in [3.63, 3.8) is 0 Å². The molecule has 2 fully saturated rings. The van der Waals surface area contributed by atoms with E-state index in [2.05, 4.69) is 9.97 Å². The van der Waals surface area contributed by atoms with Gasteiger partial charge in [-0.25, -0.2) is 14.4 Å². The number of carbonyl (C=O) groups excluding carboxylic acids is 1. The Kier molecular flexibility index (Phi) is 3.88. The first kappa shape index (κ1) is 15.0. The zero-order valence-corrected chi connectivity index (χ0v) is 13.1. The molecule has 3 rings (SSSR count). The van der Waals surface area contributed by atoms with Crippen molar-refractivity contribution in [2.45, 2.75) is 25.4 Å². The molecular formula is C15H22FN5O. The maximum Gasteiger partial charge on any atom is 0.241 e. The van der Waals surface area contributed by atoms with Crippen LogP contribution in [-0.4, -0.2) is 66.2 Å². The van der Waals surface area contributed by atoms with Crippen LogP contribution in [0.25, 0.3) is 0 Å². The van der Waals surface area contributed by atoms with E-state index in [9.17, 15) is 9.18 Å². The van der Waals surface area contributed by atoms with Crippen LogP contribution in [0, 0.1) is 0 Å². The van der Waals surface area contributed by atoms with Gasteiger partial charge < -0.3 is 14.7 Å². The van der Waals surface area contributed by atoms with Gasteiger partial charge in [-0.15, -0.1) is 0 Å². The van der Waals surface area contributed by atoms with Crippen LogP contribution in [-0.2, 0) is 4.79 Å². The van der Waals surface area contributed by atoms with Crippen molar-refractivity contribution < 1.29 is 9.18 Å². The Labute approximate surface area is 129 Å². The normalized spacial score (nSPS) is 26.5. The fourth-order valence-electron chi connectivity index (χ4n) is 3.03. The molecule has 2 saturated heterocycles. The van der Waals surface area contributed by atoms with E-state index in [-0.39, 0.29) is 5.91 Å². The standard InChI is InChI=1S/C15H22FN5O/c1-15(16)4-3-5-21(10-15)13-8-12(17-11-18-13)20-7-6-19(2)14(22)9-20/h8,11H,3-7,9-10H2,1-2H3. The minimum absolute atomic E-state index is 0.0840. The molecule has 2 aliphatic heterocycles. The van der Waals surface area contributed by atoms with E-state index in [4.69, 9.17) is 0 Å². The van der Waals surface area contributed by atoms with Gasteiger partial charge in [-0.2, -0.15) is 0 Å². The van der Waals surface area contributed by atoms with E-state index in [0.717, 1.165) is 31.1 Å². The maximum absolute atomic E-state index is 14.2. The average Bonchev–Trinajstić information content (AvgIpc) is 2.49. The summed E-state index contributed by atoms with van der Waals surface area (Å²) in [7, 11) is 1.81. The van der Waals surface area contributed by atoms with Crippen molar-refractivity contribution in [1.82, 2.24) is 14.9 Å². The van der Waals surface area contributed by atoms with Gasteiger partial charge in [0.05, 0.1) is 13.1 Å². The number of anilines is 2. The monoisotopic (exact) mass is 307 g/mol. The molecule has 0 aromatic carbocycles. The highest BCUT2D eigenvalue weighted by Crippen LogP contribution is 2.28. The Morgan fingerprint density at radius 1 is 1.18 bits per heavy atom. The van der Waals surface area contributed by atoms with Crippen LogP contribution in [0.2, 0.25) is 0 Å². The molecule has 22 heavy (non-hydrogen) atoms. The molecule has 6 nitrogen and oxygen atoms in total. The lowest BCUT2D eigenvalue weighted by molar-refractivity contribution is -0.129. The van der Waals surface area contributed by atoms with E-state index < -0.39 is 5.67 Å². The zero-order chi connectivity index (χ0) is 15.7. The molecule has 1 atom stereocenters. The van der Waals surface area contributed by atoms with Crippen LogP contribution in [0.3, 0.4) is 0 Å². The number of likely N-dealkylation sites (N-methyl/N-ethyl adjacent to an activating group) is 1. The molecular weight excluding hydrogens is 285 g/mol. The summed E-state index contributed by atoms with van der Waals surface area (Å²) in [5.74, 6) is 1.55. The van der Waals surface area contributed by atoms with E-state index in [0.29, 0.717) is 26.1 Å². The Morgan fingerprint density at radius 2 is 1.91 bits per heavy atom. The third-order valence-electron chi connectivity index (χ3n) is 4.39. The summed E-state index contributed by atoms with van der Waals surface area (Å²) in [5.41, 5.74) is -1.17. The van der Waals surface area contributed by atoms with Crippen molar-refractivity contribution in [1.29, 1.82) is 0 Å². The molecule has 0 aliphatic carbocycles. The van der Waals surface area contributed by atoms with E-state index in [1.807, 2.05) is 15.9 Å².